The molecule has 0 spiro atoms. The van der Waals surface area contributed by atoms with Crippen LogP contribution >= 0.6 is 0 Å². The van der Waals surface area contributed by atoms with Crippen LogP contribution in [-0.4, -0.2) is 23.1 Å². The molecule has 1 aromatic heterocycles. The lowest BCUT2D eigenvalue weighted by molar-refractivity contribution is 0.695. The first kappa shape index (κ1) is 10.0. The molecule has 1 heterocycles. The van der Waals surface area contributed by atoms with E-state index in [-0.39, 0.29) is 0 Å². The summed E-state index contributed by atoms with van der Waals surface area (Å²) in [6.45, 7) is 2.32. The fraction of sp³-hybridized carbons (Fsp3) is 0.273. The van der Waals surface area contributed by atoms with E-state index >= 15 is 0 Å². The van der Waals surface area contributed by atoms with Crippen molar-refractivity contribution in [3.8, 4) is 0 Å². The molecule has 0 atom stereocenters. The zero-order chi connectivity index (χ0) is 10.5. The number of hydrogen-bond acceptors (Lipinski definition) is 4. The first-order chi connectivity index (χ1) is 7.40. The Morgan fingerprint density at radius 1 is 1.13 bits per heavy atom. The quantitative estimate of drug-likeness (QED) is 0.715. The minimum absolute atomic E-state index is 0.660. The molecule has 78 valence electrons. The second-order valence-electron chi connectivity index (χ2n) is 3.34. The molecule has 4 heteroatoms. The van der Waals surface area contributed by atoms with Gasteiger partial charge in [0.1, 0.15) is 0 Å². The first-order valence-corrected chi connectivity index (χ1v) is 5.00. The van der Waals surface area contributed by atoms with E-state index in [1.54, 1.807) is 12.4 Å². The molecule has 0 unspecified atom stereocenters. The van der Waals surface area contributed by atoms with Crippen molar-refractivity contribution in [2.45, 2.75) is 6.54 Å². The Morgan fingerprint density at radius 3 is 2.73 bits per heavy atom. The highest BCUT2D eigenvalue weighted by molar-refractivity contribution is 5.74. The van der Waals surface area contributed by atoms with E-state index in [0.29, 0.717) is 6.54 Å². The van der Waals surface area contributed by atoms with Crippen LogP contribution in [0, 0.1) is 0 Å². The molecule has 15 heavy (non-hydrogen) atoms. The van der Waals surface area contributed by atoms with Crippen LogP contribution in [0.1, 0.15) is 5.56 Å². The number of nitrogens with one attached hydrogen (secondary N) is 1. The average Bonchev–Trinajstić information content (AvgIpc) is 2.29. The minimum atomic E-state index is 0.660. The minimum Gasteiger partial charge on any atom is -0.329 e. The molecular formula is C11H14N4. The predicted molar refractivity (Wildman–Crippen MR) is 60.3 cm³/mol. The fourth-order valence-corrected chi connectivity index (χ4v) is 1.45. The molecule has 0 fully saturated rings. The molecule has 0 bridgehead atoms. The molecule has 0 aliphatic carbocycles. The van der Waals surface area contributed by atoms with E-state index < -0.39 is 0 Å². The van der Waals surface area contributed by atoms with Crippen molar-refractivity contribution < 1.29 is 0 Å². The van der Waals surface area contributed by atoms with Gasteiger partial charge in [-0.05, 0) is 17.7 Å². The lowest BCUT2D eigenvalue weighted by atomic mass is 10.2. The highest BCUT2D eigenvalue weighted by Crippen LogP contribution is 2.10. The summed E-state index contributed by atoms with van der Waals surface area (Å²) >= 11 is 0. The maximum atomic E-state index is 5.40. The van der Waals surface area contributed by atoms with Crippen molar-refractivity contribution in [3.05, 3.63) is 36.2 Å². The van der Waals surface area contributed by atoms with Crippen LogP contribution in [0.2, 0.25) is 0 Å². The van der Waals surface area contributed by atoms with Gasteiger partial charge in [0, 0.05) is 32.0 Å². The Labute approximate surface area is 88.5 Å². The molecule has 0 aliphatic rings. The van der Waals surface area contributed by atoms with Gasteiger partial charge in [-0.2, -0.15) is 0 Å². The second-order valence-corrected chi connectivity index (χ2v) is 3.34. The van der Waals surface area contributed by atoms with E-state index in [9.17, 15) is 0 Å². The van der Waals surface area contributed by atoms with Gasteiger partial charge in [0.25, 0.3) is 0 Å². The molecule has 0 amide bonds. The Balaban J connectivity index is 2.16. The van der Waals surface area contributed by atoms with E-state index in [1.807, 2.05) is 12.1 Å². The molecule has 0 radical (unpaired) electrons. The molecule has 0 saturated carbocycles. The van der Waals surface area contributed by atoms with Crippen molar-refractivity contribution in [1.29, 1.82) is 0 Å². The monoisotopic (exact) mass is 202 g/mol. The lowest BCUT2D eigenvalue weighted by Crippen LogP contribution is -2.21. The Bertz CT molecular complexity index is 441. The van der Waals surface area contributed by atoms with Gasteiger partial charge in [-0.3, -0.25) is 9.97 Å². The van der Waals surface area contributed by atoms with Gasteiger partial charge < -0.3 is 11.1 Å². The maximum Gasteiger partial charge on any atom is 0.0890 e. The Kier molecular flexibility index (Phi) is 3.22. The topological polar surface area (TPSA) is 63.8 Å². The second kappa shape index (κ2) is 4.82. The van der Waals surface area contributed by atoms with Crippen molar-refractivity contribution in [3.63, 3.8) is 0 Å². The van der Waals surface area contributed by atoms with Crippen LogP contribution in [-0.2, 0) is 6.54 Å². The van der Waals surface area contributed by atoms with Crippen LogP contribution < -0.4 is 11.1 Å². The lowest BCUT2D eigenvalue weighted by Gasteiger charge is -2.03. The third kappa shape index (κ3) is 2.49. The Morgan fingerprint density at radius 2 is 1.93 bits per heavy atom. The highest BCUT2D eigenvalue weighted by Gasteiger charge is 1.97. The largest absolute Gasteiger partial charge is 0.329 e. The van der Waals surface area contributed by atoms with Gasteiger partial charge in [-0.15, -0.1) is 0 Å². The zero-order valence-corrected chi connectivity index (χ0v) is 8.48. The predicted octanol–water partition coefficient (Wildman–Crippen LogP) is 0.678. The molecule has 0 aliphatic heterocycles. The molecule has 1 aromatic carbocycles. The summed E-state index contributed by atoms with van der Waals surface area (Å²) < 4.78 is 0. The number of nitrogens with zero attached hydrogens (tertiary/aromatic N) is 2. The number of nitrogens with two attached hydrogens (primary N) is 1. The Hall–Kier alpha value is -1.52. The van der Waals surface area contributed by atoms with Gasteiger partial charge >= 0.3 is 0 Å². The van der Waals surface area contributed by atoms with Crippen LogP contribution in [0.15, 0.2) is 30.6 Å². The fourth-order valence-electron chi connectivity index (χ4n) is 1.45. The number of fused-ring (bicyclic) bond motifs is 1. The van der Waals surface area contributed by atoms with Crippen molar-refractivity contribution >= 4 is 11.0 Å². The number of hydrogen-bond donors (Lipinski definition) is 2. The number of aromatic nitrogens is 2. The van der Waals surface area contributed by atoms with Crippen molar-refractivity contribution in [2.24, 2.45) is 5.73 Å². The van der Waals surface area contributed by atoms with Gasteiger partial charge in [0.05, 0.1) is 11.0 Å². The summed E-state index contributed by atoms with van der Waals surface area (Å²) in [6.07, 6.45) is 3.41. The van der Waals surface area contributed by atoms with E-state index in [1.165, 1.54) is 5.56 Å². The summed E-state index contributed by atoms with van der Waals surface area (Å²) in [5.74, 6) is 0. The van der Waals surface area contributed by atoms with Gasteiger partial charge in [0.2, 0.25) is 0 Å². The normalized spacial score (nSPS) is 10.7. The highest BCUT2D eigenvalue weighted by atomic mass is 14.9. The van der Waals surface area contributed by atoms with Crippen LogP contribution in [0.25, 0.3) is 11.0 Å². The zero-order valence-electron chi connectivity index (χ0n) is 8.48. The van der Waals surface area contributed by atoms with Gasteiger partial charge in [-0.1, -0.05) is 6.07 Å². The summed E-state index contributed by atoms with van der Waals surface area (Å²) in [6, 6.07) is 6.09. The standard InChI is InChI=1S/C11H14N4/c12-3-4-13-8-9-1-2-10-11(7-9)15-6-5-14-10/h1-2,5-7,13H,3-4,8,12H2. The molecule has 2 rings (SSSR count). The third-order valence-corrected chi connectivity index (χ3v) is 2.18. The number of rotatable bonds is 4. The summed E-state index contributed by atoms with van der Waals surface area (Å²) in [7, 11) is 0. The summed E-state index contributed by atoms with van der Waals surface area (Å²) in [5, 5.41) is 3.24. The smallest absolute Gasteiger partial charge is 0.0890 e. The van der Waals surface area contributed by atoms with Gasteiger partial charge in [-0.25, -0.2) is 0 Å². The van der Waals surface area contributed by atoms with Gasteiger partial charge in [0.15, 0.2) is 0 Å². The van der Waals surface area contributed by atoms with Crippen molar-refractivity contribution in [2.75, 3.05) is 13.1 Å². The average molecular weight is 202 g/mol. The van der Waals surface area contributed by atoms with E-state index in [0.717, 1.165) is 24.1 Å². The number of benzene rings is 1. The third-order valence-electron chi connectivity index (χ3n) is 2.18. The van der Waals surface area contributed by atoms with E-state index in [4.69, 9.17) is 5.73 Å². The van der Waals surface area contributed by atoms with Crippen molar-refractivity contribution in [1.82, 2.24) is 15.3 Å². The maximum absolute atomic E-state index is 5.40. The van der Waals surface area contributed by atoms with Crippen LogP contribution in [0.3, 0.4) is 0 Å². The first-order valence-electron chi connectivity index (χ1n) is 5.00. The summed E-state index contributed by atoms with van der Waals surface area (Å²) in [5.41, 5.74) is 8.47. The molecule has 4 nitrogen and oxygen atoms in total. The van der Waals surface area contributed by atoms with E-state index in [2.05, 4.69) is 21.4 Å². The summed E-state index contributed by atoms with van der Waals surface area (Å²) in [4.78, 5) is 8.47. The molecule has 0 saturated heterocycles. The molecule has 2 aromatic rings. The molecular weight excluding hydrogens is 188 g/mol. The van der Waals surface area contributed by atoms with Crippen LogP contribution in [0.4, 0.5) is 0 Å². The SMILES string of the molecule is NCCNCc1ccc2nccnc2c1. The van der Waals surface area contributed by atoms with Crippen LogP contribution in [0.5, 0.6) is 0 Å². The molecule has 3 N–H and O–H groups in total.